The van der Waals surface area contributed by atoms with E-state index in [-0.39, 0.29) is 5.69 Å². The quantitative estimate of drug-likeness (QED) is 0.642. The Balaban J connectivity index is 2.99. The lowest BCUT2D eigenvalue weighted by atomic mass is 10.2. The zero-order valence-corrected chi connectivity index (χ0v) is 9.95. The topological polar surface area (TPSA) is 26.0 Å². The van der Waals surface area contributed by atoms with Crippen molar-refractivity contribution in [3.8, 4) is 0 Å². The van der Waals surface area contributed by atoms with Crippen molar-refractivity contribution in [2.24, 2.45) is 0 Å². The molecular weight excluding hydrogens is 235 g/mol. The van der Waals surface area contributed by atoms with Gasteiger partial charge in [-0.1, -0.05) is 13.8 Å². The smallest absolute Gasteiger partial charge is 0.398 e. The highest BCUT2D eigenvalue weighted by atomic mass is 32.2. The van der Waals surface area contributed by atoms with Crippen molar-refractivity contribution in [1.29, 1.82) is 0 Å². The van der Waals surface area contributed by atoms with Crippen LogP contribution in [0.2, 0.25) is 0 Å². The number of halogens is 3. The van der Waals surface area contributed by atoms with E-state index in [4.69, 9.17) is 5.73 Å². The van der Waals surface area contributed by atoms with Gasteiger partial charge in [-0.25, -0.2) is 0 Å². The van der Waals surface area contributed by atoms with E-state index in [9.17, 15) is 13.2 Å². The van der Waals surface area contributed by atoms with Crippen molar-refractivity contribution in [1.82, 2.24) is 0 Å². The number of benzene rings is 1. The molecule has 1 aromatic rings. The van der Waals surface area contributed by atoms with Gasteiger partial charge in [0.25, 0.3) is 0 Å². The van der Waals surface area contributed by atoms with Crippen molar-refractivity contribution >= 4 is 17.4 Å². The summed E-state index contributed by atoms with van der Waals surface area (Å²) in [4.78, 5) is 0.607. The maximum absolute atomic E-state index is 12.6. The standard InChI is InChI=1S/C11H14F3NS/c1-3-7(2)16-8-4-5-10(15)9(6-8)11(12,13)14/h4-7H,3,15H2,1-2H3/t7-/m0/s1. The summed E-state index contributed by atoms with van der Waals surface area (Å²) >= 11 is 1.43. The molecule has 16 heavy (non-hydrogen) atoms. The van der Waals surface area contributed by atoms with Gasteiger partial charge in [0.1, 0.15) is 0 Å². The predicted octanol–water partition coefficient (Wildman–Crippen LogP) is 4.18. The Kier molecular flexibility index (Phi) is 4.13. The molecular formula is C11H14F3NS. The second-order valence-corrected chi connectivity index (χ2v) is 5.10. The third-order valence-corrected chi connectivity index (χ3v) is 3.50. The van der Waals surface area contributed by atoms with Gasteiger partial charge in [0.15, 0.2) is 0 Å². The third kappa shape index (κ3) is 3.33. The highest BCUT2D eigenvalue weighted by Crippen LogP contribution is 2.37. The summed E-state index contributed by atoms with van der Waals surface area (Å²) in [7, 11) is 0. The van der Waals surface area contributed by atoms with E-state index in [2.05, 4.69) is 0 Å². The van der Waals surface area contributed by atoms with Gasteiger partial charge in [-0.15, -0.1) is 11.8 Å². The molecule has 0 aliphatic heterocycles. The van der Waals surface area contributed by atoms with E-state index >= 15 is 0 Å². The molecule has 0 aromatic heterocycles. The first-order valence-corrected chi connectivity index (χ1v) is 5.86. The lowest BCUT2D eigenvalue weighted by Crippen LogP contribution is -2.09. The molecule has 0 bridgehead atoms. The Bertz CT molecular complexity index is 363. The summed E-state index contributed by atoms with van der Waals surface area (Å²) in [6.45, 7) is 3.98. The summed E-state index contributed by atoms with van der Waals surface area (Å²) in [5, 5.41) is 0.296. The molecule has 0 saturated heterocycles. The molecule has 0 fully saturated rings. The van der Waals surface area contributed by atoms with E-state index in [1.54, 1.807) is 6.07 Å². The van der Waals surface area contributed by atoms with Gasteiger partial charge in [-0.2, -0.15) is 13.2 Å². The fraction of sp³-hybridized carbons (Fsp3) is 0.455. The fourth-order valence-corrected chi connectivity index (χ4v) is 2.13. The number of nitrogens with two attached hydrogens (primary N) is 1. The van der Waals surface area contributed by atoms with Crippen molar-refractivity contribution < 1.29 is 13.2 Å². The van der Waals surface area contributed by atoms with Crippen LogP contribution in [-0.2, 0) is 6.18 Å². The minimum absolute atomic E-state index is 0.221. The largest absolute Gasteiger partial charge is 0.418 e. The van der Waals surface area contributed by atoms with Crippen LogP contribution in [0.4, 0.5) is 18.9 Å². The Morgan fingerprint density at radius 2 is 2.00 bits per heavy atom. The molecule has 5 heteroatoms. The maximum atomic E-state index is 12.6. The van der Waals surface area contributed by atoms with Gasteiger partial charge in [-0.05, 0) is 24.6 Å². The Labute approximate surface area is 97.2 Å². The first kappa shape index (κ1) is 13.2. The average molecular weight is 249 g/mol. The summed E-state index contributed by atoms with van der Waals surface area (Å²) in [5.41, 5.74) is 4.34. The van der Waals surface area contributed by atoms with Crippen LogP contribution in [-0.4, -0.2) is 5.25 Å². The molecule has 0 aliphatic rings. The Hall–Kier alpha value is -0.840. The summed E-state index contributed by atoms with van der Waals surface area (Å²) < 4.78 is 37.7. The van der Waals surface area contributed by atoms with Gasteiger partial charge < -0.3 is 5.73 Å². The number of hydrogen-bond acceptors (Lipinski definition) is 2. The van der Waals surface area contributed by atoms with E-state index in [1.807, 2.05) is 13.8 Å². The SMILES string of the molecule is CC[C@H](C)Sc1ccc(N)c(C(F)(F)F)c1. The molecule has 2 N–H and O–H groups in total. The molecule has 0 aliphatic carbocycles. The van der Waals surface area contributed by atoms with Gasteiger partial charge >= 0.3 is 6.18 Å². The third-order valence-electron chi connectivity index (χ3n) is 2.24. The average Bonchev–Trinajstić information content (AvgIpc) is 2.19. The van der Waals surface area contributed by atoms with Crippen LogP contribution in [0.3, 0.4) is 0 Å². The molecule has 1 aromatic carbocycles. The van der Waals surface area contributed by atoms with Crippen LogP contribution in [0.5, 0.6) is 0 Å². The van der Waals surface area contributed by atoms with Crippen molar-refractivity contribution in [3.63, 3.8) is 0 Å². The van der Waals surface area contributed by atoms with Crippen LogP contribution in [0.15, 0.2) is 23.1 Å². The monoisotopic (exact) mass is 249 g/mol. The molecule has 1 atom stereocenters. The minimum atomic E-state index is -4.38. The molecule has 1 nitrogen and oxygen atoms in total. The normalized spacial score (nSPS) is 13.8. The van der Waals surface area contributed by atoms with Crippen LogP contribution < -0.4 is 5.73 Å². The summed E-state index contributed by atoms with van der Waals surface area (Å²) in [6.07, 6.45) is -3.47. The van der Waals surface area contributed by atoms with E-state index in [0.29, 0.717) is 10.1 Å². The van der Waals surface area contributed by atoms with Crippen molar-refractivity contribution in [2.75, 3.05) is 5.73 Å². The van der Waals surface area contributed by atoms with Crippen molar-refractivity contribution in [2.45, 2.75) is 36.6 Å². The van der Waals surface area contributed by atoms with Crippen molar-refractivity contribution in [3.05, 3.63) is 23.8 Å². The molecule has 1 rings (SSSR count). The van der Waals surface area contributed by atoms with Gasteiger partial charge in [0.05, 0.1) is 5.56 Å². The highest BCUT2D eigenvalue weighted by molar-refractivity contribution is 7.99. The van der Waals surface area contributed by atoms with Crippen LogP contribution in [0, 0.1) is 0 Å². The first-order chi connectivity index (χ1) is 7.34. The molecule has 0 amide bonds. The van der Waals surface area contributed by atoms with Gasteiger partial charge in [-0.3, -0.25) is 0 Å². The molecule has 90 valence electrons. The van der Waals surface area contributed by atoms with Crippen LogP contribution in [0.25, 0.3) is 0 Å². The molecule has 0 saturated carbocycles. The number of alkyl halides is 3. The zero-order valence-electron chi connectivity index (χ0n) is 9.14. The lowest BCUT2D eigenvalue weighted by Gasteiger charge is -2.13. The Morgan fingerprint density at radius 3 is 2.50 bits per heavy atom. The lowest BCUT2D eigenvalue weighted by molar-refractivity contribution is -0.137. The molecule has 0 radical (unpaired) electrons. The second kappa shape index (κ2) is 4.99. The van der Waals surface area contributed by atoms with E-state index in [1.165, 1.54) is 17.8 Å². The van der Waals surface area contributed by atoms with Gasteiger partial charge in [0.2, 0.25) is 0 Å². The number of anilines is 1. The highest BCUT2D eigenvalue weighted by Gasteiger charge is 2.33. The number of nitrogen functional groups attached to an aromatic ring is 1. The number of rotatable bonds is 3. The van der Waals surface area contributed by atoms with E-state index < -0.39 is 11.7 Å². The second-order valence-electron chi connectivity index (χ2n) is 3.58. The Morgan fingerprint density at radius 1 is 1.38 bits per heavy atom. The van der Waals surface area contributed by atoms with Crippen LogP contribution in [0.1, 0.15) is 25.8 Å². The minimum Gasteiger partial charge on any atom is -0.398 e. The molecule has 0 heterocycles. The first-order valence-electron chi connectivity index (χ1n) is 4.98. The van der Waals surface area contributed by atoms with Gasteiger partial charge in [0, 0.05) is 15.8 Å². The molecule has 0 spiro atoms. The molecule has 0 unspecified atom stereocenters. The number of hydrogen-bond donors (Lipinski definition) is 1. The fourth-order valence-electron chi connectivity index (χ4n) is 1.17. The van der Waals surface area contributed by atoms with E-state index in [0.717, 1.165) is 12.5 Å². The maximum Gasteiger partial charge on any atom is 0.418 e. The number of thioether (sulfide) groups is 1. The summed E-state index contributed by atoms with van der Waals surface area (Å²) in [5.74, 6) is 0. The zero-order chi connectivity index (χ0) is 12.3. The summed E-state index contributed by atoms with van der Waals surface area (Å²) in [6, 6.07) is 4.06. The predicted molar refractivity (Wildman–Crippen MR) is 61.5 cm³/mol. The van der Waals surface area contributed by atoms with Crippen LogP contribution >= 0.6 is 11.8 Å².